The minimum atomic E-state index is -1.20. The Morgan fingerprint density at radius 3 is 2.94 bits per heavy atom. The number of fused-ring (bicyclic) bond motifs is 1. The van der Waals surface area contributed by atoms with E-state index in [1.54, 1.807) is 6.07 Å². The second-order valence-corrected chi connectivity index (χ2v) is 3.86. The standard InChI is InChI=1S/C12H9N3O3/c13-9-10(12(16)17)15-18-11(9)7-1-2-8-6(5-7)3-4-14-8/h1-5,14H,13H2,(H,16,17). The molecule has 0 aliphatic heterocycles. The molecule has 0 saturated heterocycles. The van der Waals surface area contributed by atoms with Crippen LogP contribution >= 0.6 is 0 Å². The smallest absolute Gasteiger partial charge is 0.360 e. The first-order valence-electron chi connectivity index (χ1n) is 5.23. The molecule has 0 unspecified atom stereocenters. The first-order valence-corrected chi connectivity index (χ1v) is 5.23. The van der Waals surface area contributed by atoms with Crippen LogP contribution in [0.3, 0.4) is 0 Å². The number of aromatic amines is 1. The molecule has 0 aliphatic carbocycles. The average molecular weight is 243 g/mol. The van der Waals surface area contributed by atoms with E-state index >= 15 is 0 Å². The van der Waals surface area contributed by atoms with Crippen LogP contribution in [0.1, 0.15) is 10.5 Å². The number of anilines is 1. The molecule has 2 aromatic heterocycles. The average Bonchev–Trinajstić information content (AvgIpc) is 2.93. The molecular weight excluding hydrogens is 234 g/mol. The van der Waals surface area contributed by atoms with E-state index in [1.807, 2.05) is 24.4 Å². The molecule has 90 valence electrons. The number of hydrogen-bond donors (Lipinski definition) is 3. The molecule has 0 atom stereocenters. The van der Waals surface area contributed by atoms with Crippen molar-refractivity contribution in [3.05, 3.63) is 36.2 Å². The molecular formula is C12H9N3O3. The van der Waals surface area contributed by atoms with Gasteiger partial charge in [0.05, 0.1) is 0 Å². The SMILES string of the molecule is Nc1c(C(=O)O)noc1-c1ccc2[nH]ccc2c1. The Morgan fingerprint density at radius 1 is 1.39 bits per heavy atom. The summed E-state index contributed by atoms with van der Waals surface area (Å²) in [7, 11) is 0. The second kappa shape index (κ2) is 3.63. The summed E-state index contributed by atoms with van der Waals surface area (Å²) in [6, 6.07) is 7.42. The van der Waals surface area contributed by atoms with Gasteiger partial charge in [0, 0.05) is 22.7 Å². The monoisotopic (exact) mass is 243 g/mol. The van der Waals surface area contributed by atoms with E-state index in [2.05, 4.69) is 10.1 Å². The van der Waals surface area contributed by atoms with Gasteiger partial charge in [0.1, 0.15) is 5.69 Å². The van der Waals surface area contributed by atoms with E-state index in [1.165, 1.54) is 0 Å². The Bertz CT molecular complexity index is 742. The highest BCUT2D eigenvalue weighted by molar-refractivity contribution is 5.96. The second-order valence-electron chi connectivity index (χ2n) is 3.86. The van der Waals surface area contributed by atoms with Crippen molar-refractivity contribution in [3.63, 3.8) is 0 Å². The largest absolute Gasteiger partial charge is 0.476 e. The Kier molecular flexibility index (Phi) is 2.09. The van der Waals surface area contributed by atoms with Crippen LogP contribution in [0, 0.1) is 0 Å². The number of rotatable bonds is 2. The zero-order valence-electron chi connectivity index (χ0n) is 9.18. The summed E-state index contributed by atoms with van der Waals surface area (Å²) in [6.45, 7) is 0. The molecule has 18 heavy (non-hydrogen) atoms. The summed E-state index contributed by atoms with van der Waals surface area (Å²) in [4.78, 5) is 13.9. The van der Waals surface area contributed by atoms with Gasteiger partial charge >= 0.3 is 5.97 Å². The number of benzene rings is 1. The molecule has 0 spiro atoms. The van der Waals surface area contributed by atoms with Gasteiger partial charge in [-0.25, -0.2) is 4.79 Å². The van der Waals surface area contributed by atoms with Gasteiger partial charge in [-0.2, -0.15) is 0 Å². The quantitative estimate of drug-likeness (QED) is 0.639. The lowest BCUT2D eigenvalue weighted by atomic mass is 10.1. The lowest BCUT2D eigenvalue weighted by molar-refractivity contribution is 0.0687. The van der Waals surface area contributed by atoms with Crippen LogP contribution in [-0.4, -0.2) is 21.2 Å². The molecule has 3 aromatic rings. The molecule has 0 aliphatic rings. The normalized spacial score (nSPS) is 10.9. The summed E-state index contributed by atoms with van der Waals surface area (Å²) < 4.78 is 5.00. The number of nitrogen functional groups attached to an aromatic ring is 1. The van der Waals surface area contributed by atoms with Crippen molar-refractivity contribution in [3.8, 4) is 11.3 Å². The fraction of sp³-hybridized carbons (Fsp3) is 0. The van der Waals surface area contributed by atoms with E-state index in [-0.39, 0.29) is 17.1 Å². The lowest BCUT2D eigenvalue weighted by Gasteiger charge is -1.98. The molecule has 0 saturated carbocycles. The van der Waals surface area contributed by atoms with Crippen molar-refractivity contribution in [2.75, 3.05) is 5.73 Å². The molecule has 0 amide bonds. The summed E-state index contributed by atoms with van der Waals surface area (Å²) in [6.07, 6.45) is 1.82. The van der Waals surface area contributed by atoms with Crippen molar-refractivity contribution < 1.29 is 14.4 Å². The van der Waals surface area contributed by atoms with Gasteiger partial charge in [0.2, 0.25) is 5.69 Å². The molecule has 1 aromatic carbocycles. The lowest BCUT2D eigenvalue weighted by Crippen LogP contribution is -2.01. The summed E-state index contributed by atoms with van der Waals surface area (Å²) in [5.41, 5.74) is 7.16. The molecule has 0 fully saturated rings. The first kappa shape index (κ1) is 10.4. The number of aromatic nitrogens is 2. The van der Waals surface area contributed by atoms with E-state index in [0.29, 0.717) is 5.56 Å². The van der Waals surface area contributed by atoms with Crippen LogP contribution in [0.15, 0.2) is 35.0 Å². The molecule has 4 N–H and O–H groups in total. The first-order chi connectivity index (χ1) is 8.66. The van der Waals surface area contributed by atoms with Gasteiger partial charge in [0.15, 0.2) is 5.76 Å². The topological polar surface area (TPSA) is 105 Å². The fourth-order valence-electron chi connectivity index (χ4n) is 1.85. The predicted molar refractivity (Wildman–Crippen MR) is 65.2 cm³/mol. The number of nitrogens with two attached hydrogens (primary N) is 1. The molecule has 0 radical (unpaired) electrons. The number of nitrogens with one attached hydrogen (secondary N) is 1. The van der Waals surface area contributed by atoms with Crippen LogP contribution in [0.2, 0.25) is 0 Å². The van der Waals surface area contributed by atoms with Gasteiger partial charge < -0.3 is 20.3 Å². The Labute approximate surface area is 101 Å². The van der Waals surface area contributed by atoms with E-state index in [4.69, 9.17) is 15.4 Å². The van der Waals surface area contributed by atoms with Crippen LogP contribution in [-0.2, 0) is 0 Å². The van der Waals surface area contributed by atoms with Gasteiger partial charge in [0.25, 0.3) is 0 Å². The molecule has 0 bridgehead atoms. The summed E-state index contributed by atoms with van der Waals surface area (Å²) >= 11 is 0. The number of carboxylic acids is 1. The predicted octanol–water partition coefficient (Wildman–Crippen LogP) is 2.10. The Morgan fingerprint density at radius 2 is 2.22 bits per heavy atom. The zero-order valence-corrected chi connectivity index (χ0v) is 9.18. The molecule has 2 heterocycles. The van der Waals surface area contributed by atoms with Crippen LogP contribution < -0.4 is 5.73 Å². The highest BCUT2D eigenvalue weighted by Crippen LogP contribution is 2.30. The third-order valence-corrected chi connectivity index (χ3v) is 2.75. The number of carboxylic acid groups (broad SMARTS) is 1. The minimum absolute atomic E-state index is 0.0392. The van der Waals surface area contributed by atoms with Crippen LogP contribution in [0.4, 0.5) is 5.69 Å². The van der Waals surface area contributed by atoms with Crippen LogP contribution in [0.5, 0.6) is 0 Å². The number of H-pyrrole nitrogens is 1. The van der Waals surface area contributed by atoms with Crippen molar-refractivity contribution in [2.45, 2.75) is 0 Å². The van der Waals surface area contributed by atoms with Crippen molar-refractivity contribution >= 4 is 22.6 Å². The number of nitrogens with zero attached hydrogens (tertiary/aromatic N) is 1. The van der Waals surface area contributed by atoms with Gasteiger partial charge in [-0.05, 0) is 24.3 Å². The van der Waals surface area contributed by atoms with Crippen molar-refractivity contribution in [1.29, 1.82) is 0 Å². The molecule has 6 nitrogen and oxygen atoms in total. The molecule has 3 rings (SSSR count). The Hall–Kier alpha value is -2.76. The number of hydrogen-bond acceptors (Lipinski definition) is 4. The fourth-order valence-corrected chi connectivity index (χ4v) is 1.85. The summed E-state index contributed by atoms with van der Waals surface area (Å²) in [5.74, 6) is -0.930. The zero-order chi connectivity index (χ0) is 12.7. The number of aromatic carboxylic acids is 1. The van der Waals surface area contributed by atoms with Crippen molar-refractivity contribution in [1.82, 2.24) is 10.1 Å². The highest BCUT2D eigenvalue weighted by atomic mass is 16.5. The highest BCUT2D eigenvalue weighted by Gasteiger charge is 2.20. The van der Waals surface area contributed by atoms with E-state index in [9.17, 15) is 4.79 Å². The van der Waals surface area contributed by atoms with Gasteiger partial charge in [-0.3, -0.25) is 0 Å². The van der Waals surface area contributed by atoms with E-state index < -0.39 is 5.97 Å². The van der Waals surface area contributed by atoms with Crippen LogP contribution in [0.25, 0.3) is 22.2 Å². The third-order valence-electron chi connectivity index (χ3n) is 2.75. The maximum atomic E-state index is 10.8. The van der Waals surface area contributed by atoms with Crippen molar-refractivity contribution in [2.24, 2.45) is 0 Å². The third kappa shape index (κ3) is 1.43. The summed E-state index contributed by atoms with van der Waals surface area (Å²) in [5, 5.41) is 13.3. The molecule has 6 heteroatoms. The van der Waals surface area contributed by atoms with E-state index in [0.717, 1.165) is 10.9 Å². The minimum Gasteiger partial charge on any atom is -0.476 e. The Balaban J connectivity index is 2.16. The maximum Gasteiger partial charge on any atom is 0.360 e. The van der Waals surface area contributed by atoms with Gasteiger partial charge in [-0.15, -0.1) is 0 Å². The van der Waals surface area contributed by atoms with Gasteiger partial charge in [-0.1, -0.05) is 5.16 Å². The maximum absolute atomic E-state index is 10.8. The number of carbonyl (C=O) groups is 1.